The fourth-order valence-corrected chi connectivity index (χ4v) is 13.6. The van der Waals surface area contributed by atoms with E-state index in [9.17, 15) is 0 Å². The number of rotatable bonds is 44. The highest BCUT2D eigenvalue weighted by Crippen LogP contribution is 2.48. The Morgan fingerprint density at radius 2 is 0.388 bits per heavy atom. The number of benzene rings is 4. The van der Waals surface area contributed by atoms with Crippen LogP contribution in [-0.2, 0) is 0 Å². The van der Waals surface area contributed by atoms with Crippen molar-refractivity contribution in [3.8, 4) is 23.0 Å². The fourth-order valence-electron chi connectivity index (χ4n) is 13.6. The second-order valence-electron chi connectivity index (χ2n) is 24.7. The molecule has 448 valence electrons. The molecule has 4 heteroatoms. The van der Waals surface area contributed by atoms with Gasteiger partial charge in [0, 0.05) is 45.9 Å². The van der Waals surface area contributed by atoms with Crippen LogP contribution in [0.3, 0.4) is 0 Å². The first kappa shape index (κ1) is 66.9. The van der Waals surface area contributed by atoms with E-state index in [1.165, 1.54) is 276 Å². The second kappa shape index (κ2) is 41.1. The molecule has 80 heavy (non-hydrogen) atoms. The predicted molar refractivity (Wildman–Crippen MR) is 347 cm³/mol. The maximum atomic E-state index is 6.48. The molecule has 4 atom stereocenters. The molecule has 0 aromatic heterocycles. The number of hydrogen-bond acceptors (Lipinski definition) is 4. The van der Waals surface area contributed by atoms with Gasteiger partial charge in [-0.25, -0.2) is 0 Å². The Morgan fingerprint density at radius 3 is 0.550 bits per heavy atom. The third-order valence-electron chi connectivity index (χ3n) is 18.5. The SMILES string of the molecule is CCCCCCCCCCCC1c2ccc(OC)c(c2)C(CCCCCCCCCCC)c2ccc(OC)c(c2)C(CCCCCCCCCCC)c2ccc(OC)c(c2)C(CCCCCCCCCCC)c2ccc(OC)c1c2. The smallest absolute Gasteiger partial charge is 0.122 e. The van der Waals surface area contributed by atoms with Crippen molar-refractivity contribution in [2.45, 2.75) is 308 Å². The minimum atomic E-state index is 0.175. The molecular weight excluding hydrogens is 977 g/mol. The minimum absolute atomic E-state index is 0.175. The first-order valence-corrected chi connectivity index (χ1v) is 34.2. The Kier molecular flexibility index (Phi) is 34.4. The van der Waals surface area contributed by atoms with Crippen LogP contribution in [0.15, 0.2) is 72.8 Å². The van der Waals surface area contributed by atoms with Crippen LogP contribution in [0, 0.1) is 0 Å². The number of hydrogen-bond donors (Lipinski definition) is 0. The lowest BCUT2D eigenvalue weighted by molar-refractivity contribution is 0.401. The molecule has 8 bridgehead atoms. The monoisotopic (exact) mass is 1100 g/mol. The number of unbranched alkanes of at least 4 members (excludes halogenated alkanes) is 32. The van der Waals surface area contributed by atoms with E-state index in [2.05, 4.69) is 100 Å². The van der Waals surface area contributed by atoms with Crippen molar-refractivity contribution in [3.63, 3.8) is 0 Å². The third kappa shape index (κ3) is 22.7. The van der Waals surface area contributed by atoms with Gasteiger partial charge < -0.3 is 18.9 Å². The van der Waals surface area contributed by atoms with Gasteiger partial charge in [0.1, 0.15) is 23.0 Å². The van der Waals surface area contributed by atoms with Gasteiger partial charge in [-0.15, -0.1) is 0 Å². The average Bonchev–Trinajstić information content (AvgIpc) is 3.50. The van der Waals surface area contributed by atoms with Crippen molar-refractivity contribution in [1.82, 2.24) is 0 Å². The van der Waals surface area contributed by atoms with Crippen LogP contribution in [0.25, 0.3) is 0 Å². The van der Waals surface area contributed by atoms with Crippen LogP contribution in [0.2, 0.25) is 0 Å². The molecule has 0 aliphatic heterocycles. The summed E-state index contributed by atoms with van der Waals surface area (Å²) in [6.07, 6.45) is 51.9. The Labute approximate surface area is 493 Å². The van der Waals surface area contributed by atoms with Gasteiger partial charge in [0.25, 0.3) is 0 Å². The van der Waals surface area contributed by atoms with Gasteiger partial charge in [-0.05, 0) is 72.2 Å². The Bertz CT molecular complexity index is 1900. The van der Waals surface area contributed by atoms with Crippen LogP contribution < -0.4 is 18.9 Å². The molecule has 0 radical (unpaired) electrons. The van der Waals surface area contributed by atoms with Gasteiger partial charge >= 0.3 is 0 Å². The second-order valence-corrected chi connectivity index (χ2v) is 24.7. The summed E-state index contributed by atoms with van der Waals surface area (Å²) >= 11 is 0. The quantitative estimate of drug-likeness (QED) is 0.0414. The molecule has 4 aromatic rings. The largest absolute Gasteiger partial charge is 0.496 e. The Hall–Kier alpha value is -3.92. The number of fused-ring (bicyclic) bond motifs is 8. The van der Waals surface area contributed by atoms with Gasteiger partial charge in [-0.3, -0.25) is 0 Å². The van der Waals surface area contributed by atoms with E-state index in [0.717, 1.165) is 48.7 Å². The minimum Gasteiger partial charge on any atom is -0.496 e. The molecular formula is C76H120O4. The predicted octanol–water partition coefficient (Wildman–Crippen LogP) is 24.2. The molecule has 4 aromatic carbocycles. The van der Waals surface area contributed by atoms with Gasteiger partial charge in [0.2, 0.25) is 0 Å². The molecule has 0 saturated heterocycles. The summed E-state index contributed by atoms with van der Waals surface area (Å²) in [4.78, 5) is 0. The Balaban J connectivity index is 1.67. The van der Waals surface area contributed by atoms with Gasteiger partial charge in [0.05, 0.1) is 28.4 Å². The Morgan fingerprint density at radius 1 is 0.225 bits per heavy atom. The standard InChI is InChI=1S/C76H120O4/c1-9-13-17-21-25-29-33-37-41-45-65-61-49-53-74(78-6)70(57-61)67(47-43-39-35-31-27-23-19-15-11-3)63-51-55-76(80-8)72(59-63)68(48-44-40-36-32-28-24-20-16-12-4)64-52-56-75(79-7)71(60-64)66(62-50-54-73(77-5)69(65)58-62)46-42-38-34-30-26-22-18-14-10-2/h49-60,65-68H,9-48H2,1-8H3. The van der Waals surface area contributed by atoms with Crippen LogP contribution in [-0.4, -0.2) is 28.4 Å². The summed E-state index contributed by atoms with van der Waals surface area (Å²) in [5.41, 5.74) is 10.8. The molecule has 0 fully saturated rings. The summed E-state index contributed by atoms with van der Waals surface area (Å²) < 4.78 is 25.9. The lowest BCUT2D eigenvalue weighted by atomic mass is 9.77. The van der Waals surface area contributed by atoms with Crippen LogP contribution in [0.5, 0.6) is 23.0 Å². The molecule has 0 N–H and O–H groups in total. The van der Waals surface area contributed by atoms with Crippen molar-refractivity contribution < 1.29 is 18.9 Å². The van der Waals surface area contributed by atoms with Gasteiger partial charge in [0.15, 0.2) is 0 Å². The van der Waals surface area contributed by atoms with E-state index in [0.29, 0.717) is 0 Å². The summed E-state index contributed by atoms with van der Waals surface area (Å²) in [6, 6.07) is 29.2. The van der Waals surface area contributed by atoms with Crippen molar-refractivity contribution in [2.24, 2.45) is 0 Å². The summed E-state index contributed by atoms with van der Waals surface area (Å²) in [6.45, 7) is 9.27. The van der Waals surface area contributed by atoms with Crippen molar-refractivity contribution >= 4 is 0 Å². The molecule has 1 aliphatic rings. The van der Waals surface area contributed by atoms with Crippen molar-refractivity contribution in [3.05, 3.63) is 117 Å². The molecule has 5 rings (SSSR count). The van der Waals surface area contributed by atoms with Gasteiger partial charge in [-0.1, -0.05) is 307 Å². The highest BCUT2D eigenvalue weighted by Gasteiger charge is 2.30. The summed E-state index contributed by atoms with van der Waals surface area (Å²) in [7, 11) is 7.56. The van der Waals surface area contributed by atoms with Crippen LogP contribution >= 0.6 is 0 Å². The highest BCUT2D eigenvalue weighted by atomic mass is 16.5. The zero-order chi connectivity index (χ0) is 56.8. The molecule has 4 unspecified atom stereocenters. The lowest BCUT2D eigenvalue weighted by Crippen LogP contribution is -2.12. The molecule has 0 saturated carbocycles. The molecule has 0 spiro atoms. The van der Waals surface area contributed by atoms with E-state index in [1.807, 2.05) is 28.4 Å². The van der Waals surface area contributed by atoms with E-state index in [1.54, 1.807) is 0 Å². The zero-order valence-corrected chi connectivity index (χ0v) is 53.2. The lowest BCUT2D eigenvalue weighted by Gasteiger charge is -2.29. The molecule has 1 aliphatic carbocycles. The summed E-state index contributed by atoms with van der Waals surface area (Å²) in [5.74, 6) is 4.71. The number of ether oxygens (including phenoxy) is 4. The first-order chi connectivity index (χ1) is 39.5. The topological polar surface area (TPSA) is 36.9 Å². The van der Waals surface area contributed by atoms with Crippen molar-refractivity contribution in [2.75, 3.05) is 28.4 Å². The third-order valence-corrected chi connectivity index (χ3v) is 18.5. The maximum Gasteiger partial charge on any atom is 0.122 e. The first-order valence-electron chi connectivity index (χ1n) is 34.2. The van der Waals surface area contributed by atoms with E-state index in [4.69, 9.17) is 18.9 Å². The molecule has 4 nitrogen and oxygen atoms in total. The fraction of sp³-hybridized carbons (Fsp3) is 0.684. The van der Waals surface area contributed by atoms with Crippen molar-refractivity contribution in [1.29, 1.82) is 0 Å². The van der Waals surface area contributed by atoms with E-state index < -0.39 is 0 Å². The maximum absolute atomic E-state index is 6.48. The highest BCUT2D eigenvalue weighted by molar-refractivity contribution is 5.55. The normalized spacial score (nSPS) is 16.0. The number of methoxy groups -OCH3 is 4. The molecule has 0 heterocycles. The van der Waals surface area contributed by atoms with Gasteiger partial charge in [-0.2, -0.15) is 0 Å². The van der Waals surface area contributed by atoms with E-state index >= 15 is 0 Å². The molecule has 0 amide bonds. The summed E-state index contributed by atoms with van der Waals surface area (Å²) in [5, 5.41) is 0. The van der Waals surface area contributed by atoms with Crippen LogP contribution in [0.4, 0.5) is 0 Å². The zero-order valence-electron chi connectivity index (χ0n) is 53.2. The van der Waals surface area contributed by atoms with E-state index in [-0.39, 0.29) is 23.7 Å². The average molecular weight is 1100 g/mol. The van der Waals surface area contributed by atoms with Crippen LogP contribution in [0.1, 0.15) is 353 Å².